The van der Waals surface area contributed by atoms with Crippen molar-refractivity contribution in [3.8, 4) is 0 Å². The molecule has 0 N–H and O–H groups in total. The quantitative estimate of drug-likeness (QED) is 0.672. The maximum Gasteiger partial charge on any atom is 0.131 e. The number of hydrogen-bond donors (Lipinski definition) is 0. The minimum absolute atomic E-state index is 0.00236. The van der Waals surface area contributed by atoms with Crippen LogP contribution in [0.15, 0.2) is 24.3 Å². The van der Waals surface area contributed by atoms with Crippen molar-refractivity contribution in [2.45, 2.75) is 30.4 Å². The van der Waals surface area contributed by atoms with Crippen LogP contribution in [0.25, 0.3) is 0 Å². The standard InChI is InChI=1S/C12H15B2ClO/c13-12(14)7-3-5-9(11(12)16)8-4-1-2-6-10(8)15/h1-2,4,6,9H,3,5,7,13-14H2. The van der Waals surface area contributed by atoms with Crippen LogP contribution in [-0.2, 0) is 4.79 Å². The Labute approximate surface area is 103 Å². The highest BCUT2D eigenvalue weighted by Gasteiger charge is 2.38. The molecule has 2 rings (SSSR count). The fourth-order valence-corrected chi connectivity index (χ4v) is 2.80. The van der Waals surface area contributed by atoms with Gasteiger partial charge in [-0.2, -0.15) is 0 Å². The predicted molar refractivity (Wildman–Crippen MR) is 72.8 cm³/mol. The van der Waals surface area contributed by atoms with Crippen molar-refractivity contribution in [2.75, 3.05) is 0 Å². The first kappa shape index (κ1) is 11.8. The van der Waals surface area contributed by atoms with E-state index in [-0.39, 0.29) is 11.1 Å². The molecule has 0 amide bonds. The molecule has 1 aliphatic rings. The van der Waals surface area contributed by atoms with E-state index in [0.717, 1.165) is 29.8 Å². The largest absolute Gasteiger partial charge is 0.300 e. The van der Waals surface area contributed by atoms with Crippen molar-refractivity contribution >= 4 is 33.1 Å². The normalized spacial score (nSPS) is 24.3. The monoisotopic (exact) mass is 232 g/mol. The van der Waals surface area contributed by atoms with Gasteiger partial charge in [0.1, 0.15) is 21.5 Å². The SMILES string of the molecule is BC1(B)CCCC(c2ccccc2Cl)C1=O. The van der Waals surface area contributed by atoms with E-state index in [4.69, 9.17) is 11.6 Å². The molecule has 0 aromatic heterocycles. The Kier molecular flexibility index (Phi) is 3.16. The van der Waals surface area contributed by atoms with Crippen molar-refractivity contribution in [1.29, 1.82) is 0 Å². The highest BCUT2D eigenvalue weighted by atomic mass is 35.5. The molecule has 1 nitrogen and oxygen atoms in total. The maximum atomic E-state index is 12.3. The van der Waals surface area contributed by atoms with Crippen LogP contribution in [-0.4, -0.2) is 21.5 Å². The molecule has 0 aliphatic heterocycles. The molecule has 0 radical (unpaired) electrons. The summed E-state index contributed by atoms with van der Waals surface area (Å²) in [5.74, 6) is 0.337. The van der Waals surface area contributed by atoms with Gasteiger partial charge in [-0.15, -0.1) is 0 Å². The lowest BCUT2D eigenvalue weighted by molar-refractivity contribution is -0.122. The molecule has 1 atom stereocenters. The van der Waals surface area contributed by atoms with Gasteiger partial charge in [0.25, 0.3) is 0 Å². The first-order valence-corrected chi connectivity index (χ1v) is 6.19. The molecule has 1 aliphatic carbocycles. The summed E-state index contributed by atoms with van der Waals surface area (Å²) in [6.07, 6.45) is 3.04. The highest BCUT2D eigenvalue weighted by molar-refractivity contribution is 6.51. The third-order valence-corrected chi connectivity index (χ3v) is 3.90. The molecule has 1 fully saturated rings. The van der Waals surface area contributed by atoms with E-state index in [9.17, 15) is 4.79 Å². The van der Waals surface area contributed by atoms with Crippen molar-refractivity contribution < 1.29 is 4.79 Å². The summed E-state index contributed by atoms with van der Waals surface area (Å²) in [4.78, 5) is 12.3. The Balaban J connectivity index is 2.35. The Hall–Kier alpha value is -0.690. The molecule has 0 bridgehead atoms. The zero-order chi connectivity index (χ0) is 11.8. The van der Waals surface area contributed by atoms with Gasteiger partial charge in [-0.05, 0) is 23.3 Å². The molecule has 16 heavy (non-hydrogen) atoms. The third kappa shape index (κ3) is 2.06. The Bertz CT molecular complexity index is 417. The number of Topliss-reactive ketones (excluding diaryl/α,β-unsaturated/α-hetero) is 1. The number of halogens is 1. The van der Waals surface area contributed by atoms with Gasteiger partial charge >= 0.3 is 0 Å². The predicted octanol–water partition coefficient (Wildman–Crippen LogP) is 1.56. The second-order valence-corrected chi connectivity index (χ2v) is 5.62. The first-order valence-electron chi connectivity index (χ1n) is 5.81. The fourth-order valence-electron chi connectivity index (χ4n) is 2.53. The van der Waals surface area contributed by atoms with E-state index in [0.29, 0.717) is 5.78 Å². The van der Waals surface area contributed by atoms with Crippen LogP contribution < -0.4 is 0 Å². The van der Waals surface area contributed by atoms with E-state index in [1.807, 2.05) is 40.0 Å². The minimum Gasteiger partial charge on any atom is -0.300 e. The van der Waals surface area contributed by atoms with E-state index >= 15 is 0 Å². The van der Waals surface area contributed by atoms with Crippen LogP contribution in [0.5, 0.6) is 0 Å². The van der Waals surface area contributed by atoms with Gasteiger partial charge in [-0.1, -0.05) is 42.6 Å². The lowest BCUT2D eigenvalue weighted by atomic mass is 9.46. The maximum absolute atomic E-state index is 12.3. The molecule has 1 saturated carbocycles. The molecule has 82 valence electrons. The van der Waals surface area contributed by atoms with Crippen LogP contribution in [0.1, 0.15) is 30.7 Å². The van der Waals surface area contributed by atoms with Gasteiger partial charge in [-0.25, -0.2) is 0 Å². The minimum atomic E-state index is -0.192. The summed E-state index contributed by atoms with van der Waals surface area (Å²) >= 11 is 6.16. The van der Waals surface area contributed by atoms with Crippen LogP contribution >= 0.6 is 11.6 Å². The molecule has 1 aromatic rings. The second kappa shape index (κ2) is 4.29. The van der Waals surface area contributed by atoms with Crippen molar-refractivity contribution in [1.82, 2.24) is 0 Å². The summed E-state index contributed by atoms with van der Waals surface area (Å²) in [7, 11) is 4.08. The van der Waals surface area contributed by atoms with Gasteiger partial charge in [0.2, 0.25) is 0 Å². The average Bonchev–Trinajstić information content (AvgIpc) is 2.23. The topological polar surface area (TPSA) is 17.1 Å². The zero-order valence-corrected chi connectivity index (χ0v) is 10.6. The van der Waals surface area contributed by atoms with Crippen molar-refractivity contribution in [2.24, 2.45) is 0 Å². The van der Waals surface area contributed by atoms with Gasteiger partial charge in [0.05, 0.1) is 0 Å². The average molecular weight is 232 g/mol. The number of rotatable bonds is 1. The molecular weight excluding hydrogens is 217 g/mol. The Morgan fingerprint density at radius 2 is 2.00 bits per heavy atom. The molecule has 0 heterocycles. The van der Waals surface area contributed by atoms with Gasteiger partial charge < -0.3 is 4.79 Å². The lowest BCUT2D eigenvalue weighted by Gasteiger charge is -2.34. The number of carbonyl (C=O) groups is 1. The molecule has 4 heteroatoms. The van der Waals surface area contributed by atoms with Crippen LogP contribution in [0.3, 0.4) is 0 Å². The van der Waals surface area contributed by atoms with E-state index in [1.54, 1.807) is 0 Å². The molecule has 1 unspecified atom stereocenters. The third-order valence-electron chi connectivity index (χ3n) is 3.56. The van der Waals surface area contributed by atoms with Crippen molar-refractivity contribution in [3.05, 3.63) is 34.9 Å². The summed E-state index contributed by atoms with van der Waals surface area (Å²) in [5.41, 5.74) is 1.00. The van der Waals surface area contributed by atoms with Crippen LogP contribution in [0.4, 0.5) is 0 Å². The van der Waals surface area contributed by atoms with Gasteiger partial charge in [-0.3, -0.25) is 0 Å². The lowest BCUT2D eigenvalue weighted by Crippen LogP contribution is -2.34. The van der Waals surface area contributed by atoms with Crippen LogP contribution in [0, 0.1) is 0 Å². The zero-order valence-electron chi connectivity index (χ0n) is 9.79. The summed E-state index contributed by atoms with van der Waals surface area (Å²) in [6, 6.07) is 7.71. The van der Waals surface area contributed by atoms with E-state index in [1.165, 1.54) is 0 Å². The molecular formula is C12H15B2ClO. The molecule has 0 spiro atoms. The molecule has 1 aromatic carbocycles. The summed E-state index contributed by atoms with van der Waals surface area (Å²) < 4.78 is 0. The Morgan fingerprint density at radius 3 is 2.69 bits per heavy atom. The van der Waals surface area contributed by atoms with Crippen molar-refractivity contribution in [3.63, 3.8) is 0 Å². The molecule has 0 saturated heterocycles. The Morgan fingerprint density at radius 1 is 1.31 bits per heavy atom. The number of ketones is 1. The second-order valence-electron chi connectivity index (χ2n) is 5.21. The first-order chi connectivity index (χ1) is 7.52. The van der Waals surface area contributed by atoms with E-state index < -0.39 is 0 Å². The van der Waals surface area contributed by atoms with Crippen LogP contribution in [0.2, 0.25) is 10.2 Å². The summed E-state index contributed by atoms with van der Waals surface area (Å²) in [6.45, 7) is 0. The highest BCUT2D eigenvalue weighted by Crippen LogP contribution is 2.42. The number of benzene rings is 1. The number of hydrogen-bond acceptors (Lipinski definition) is 1. The van der Waals surface area contributed by atoms with E-state index in [2.05, 4.69) is 0 Å². The fraction of sp³-hybridized carbons (Fsp3) is 0.417. The summed E-state index contributed by atoms with van der Waals surface area (Å²) in [5, 5.41) is 0.529. The number of carbonyl (C=O) groups excluding carboxylic acids is 1. The van der Waals surface area contributed by atoms with Gasteiger partial charge in [0, 0.05) is 10.9 Å². The van der Waals surface area contributed by atoms with Gasteiger partial charge in [0.15, 0.2) is 0 Å². The smallest absolute Gasteiger partial charge is 0.131 e.